The summed E-state index contributed by atoms with van der Waals surface area (Å²) in [6.07, 6.45) is 1.97. The lowest BCUT2D eigenvalue weighted by Gasteiger charge is -2.31. The third kappa shape index (κ3) is 3.96. The number of hydrogen-bond donors (Lipinski definition) is 1. The minimum Gasteiger partial charge on any atom is -0.379 e. The van der Waals surface area contributed by atoms with Gasteiger partial charge in [-0.1, -0.05) is 48.5 Å². The summed E-state index contributed by atoms with van der Waals surface area (Å²) < 4.78 is 7.60. The first-order valence-electron chi connectivity index (χ1n) is 10.00. The highest BCUT2D eigenvalue weighted by atomic mass is 16.5. The van der Waals surface area contributed by atoms with E-state index >= 15 is 0 Å². The highest BCUT2D eigenvalue weighted by Gasteiger charge is 2.22. The van der Waals surface area contributed by atoms with E-state index in [2.05, 4.69) is 39.9 Å². The van der Waals surface area contributed by atoms with Crippen molar-refractivity contribution in [3.63, 3.8) is 0 Å². The van der Waals surface area contributed by atoms with E-state index in [1.807, 2.05) is 42.6 Å². The van der Waals surface area contributed by atoms with Crippen LogP contribution in [0.15, 0.2) is 60.8 Å². The number of hydrogen-bond acceptors (Lipinski definition) is 3. The van der Waals surface area contributed by atoms with Gasteiger partial charge in [-0.2, -0.15) is 0 Å². The highest BCUT2D eigenvalue weighted by molar-refractivity contribution is 6.07. The second kappa shape index (κ2) is 8.59. The summed E-state index contributed by atoms with van der Waals surface area (Å²) in [4.78, 5) is 15.6. The number of fused-ring (bicyclic) bond motifs is 1. The number of rotatable bonds is 6. The van der Waals surface area contributed by atoms with Gasteiger partial charge < -0.3 is 14.6 Å². The van der Waals surface area contributed by atoms with Crippen LogP contribution in [-0.2, 0) is 11.3 Å². The topological polar surface area (TPSA) is 46.5 Å². The van der Waals surface area contributed by atoms with Gasteiger partial charge in [-0.15, -0.1) is 0 Å². The molecule has 1 aliphatic rings. The van der Waals surface area contributed by atoms with E-state index in [0.29, 0.717) is 0 Å². The molecule has 1 amide bonds. The van der Waals surface area contributed by atoms with Crippen molar-refractivity contribution in [2.24, 2.45) is 0 Å². The van der Waals surface area contributed by atoms with E-state index in [1.54, 1.807) is 0 Å². The quantitative estimate of drug-likeness (QED) is 0.716. The van der Waals surface area contributed by atoms with Crippen LogP contribution in [0.25, 0.3) is 10.9 Å². The first-order chi connectivity index (χ1) is 13.8. The first-order valence-corrected chi connectivity index (χ1v) is 10.00. The maximum atomic E-state index is 13.2. The molecule has 2 aromatic carbocycles. The Morgan fingerprint density at radius 3 is 2.54 bits per heavy atom. The van der Waals surface area contributed by atoms with Crippen molar-refractivity contribution in [3.05, 3.63) is 71.9 Å². The number of carbonyl (C=O) groups excluding carboxylic acids is 1. The molecule has 0 aliphatic carbocycles. The second-order valence-corrected chi connectivity index (χ2v) is 7.20. The molecule has 1 aromatic heterocycles. The van der Waals surface area contributed by atoms with E-state index in [0.717, 1.165) is 61.4 Å². The van der Waals surface area contributed by atoms with Gasteiger partial charge in [-0.05, 0) is 18.6 Å². The summed E-state index contributed by atoms with van der Waals surface area (Å²) in [5, 5.41) is 4.29. The van der Waals surface area contributed by atoms with Crippen molar-refractivity contribution >= 4 is 16.8 Å². The smallest absolute Gasteiger partial charge is 0.253 e. The minimum atomic E-state index is -0.0597. The number of morpholine rings is 1. The van der Waals surface area contributed by atoms with Crippen LogP contribution in [0.2, 0.25) is 0 Å². The number of amides is 1. The fourth-order valence-electron chi connectivity index (χ4n) is 3.89. The molecule has 5 heteroatoms. The van der Waals surface area contributed by atoms with Crippen molar-refractivity contribution in [3.8, 4) is 0 Å². The number of benzene rings is 2. The van der Waals surface area contributed by atoms with Crippen molar-refractivity contribution < 1.29 is 9.53 Å². The molecule has 28 heavy (non-hydrogen) atoms. The summed E-state index contributed by atoms with van der Waals surface area (Å²) in [5.74, 6) is -0.0227. The Bertz CT molecular complexity index is 929. The molecular weight excluding hydrogens is 350 g/mol. The molecule has 0 bridgehead atoms. The van der Waals surface area contributed by atoms with E-state index < -0.39 is 0 Å². The van der Waals surface area contributed by atoms with E-state index in [1.165, 1.54) is 0 Å². The number of aryl methyl sites for hydroxylation is 1. The zero-order valence-electron chi connectivity index (χ0n) is 16.3. The van der Waals surface area contributed by atoms with Crippen LogP contribution in [0.5, 0.6) is 0 Å². The fourth-order valence-corrected chi connectivity index (χ4v) is 3.89. The Labute approximate surface area is 165 Å². The maximum Gasteiger partial charge on any atom is 0.253 e. The fraction of sp³-hybridized carbons (Fsp3) is 0.348. The summed E-state index contributed by atoms with van der Waals surface area (Å²) in [7, 11) is 0. The van der Waals surface area contributed by atoms with Crippen LogP contribution < -0.4 is 5.32 Å². The molecule has 1 atom stereocenters. The highest BCUT2D eigenvalue weighted by Crippen LogP contribution is 2.23. The number of aromatic nitrogens is 1. The first kappa shape index (κ1) is 18.7. The van der Waals surface area contributed by atoms with Gasteiger partial charge >= 0.3 is 0 Å². The molecule has 4 rings (SSSR count). The largest absolute Gasteiger partial charge is 0.379 e. The molecular formula is C23H27N3O2. The molecule has 146 valence electrons. The van der Waals surface area contributed by atoms with Gasteiger partial charge in [0, 0.05) is 43.3 Å². The number of para-hydroxylation sites is 1. The molecule has 0 spiro atoms. The predicted molar refractivity (Wildman–Crippen MR) is 112 cm³/mol. The molecule has 1 aliphatic heterocycles. The van der Waals surface area contributed by atoms with Crippen LogP contribution in [0, 0.1) is 0 Å². The predicted octanol–water partition coefficient (Wildman–Crippen LogP) is 3.46. The Balaban J connectivity index is 1.60. The van der Waals surface area contributed by atoms with Gasteiger partial charge in [0.15, 0.2) is 0 Å². The van der Waals surface area contributed by atoms with Crippen LogP contribution in [0.3, 0.4) is 0 Å². The van der Waals surface area contributed by atoms with E-state index in [4.69, 9.17) is 4.74 Å². The Hall–Kier alpha value is -2.63. The Kier molecular flexibility index (Phi) is 5.74. The normalized spacial score (nSPS) is 16.2. The molecule has 3 aromatic rings. The summed E-state index contributed by atoms with van der Waals surface area (Å²) in [6.45, 7) is 7.01. The van der Waals surface area contributed by atoms with Crippen LogP contribution in [-0.4, -0.2) is 48.2 Å². The lowest BCUT2D eigenvalue weighted by atomic mass is 10.0. The molecule has 1 fully saturated rings. The van der Waals surface area contributed by atoms with Crippen LogP contribution >= 0.6 is 0 Å². The van der Waals surface area contributed by atoms with Gasteiger partial charge in [-0.3, -0.25) is 9.69 Å². The third-order valence-corrected chi connectivity index (χ3v) is 5.43. The second-order valence-electron chi connectivity index (χ2n) is 7.20. The summed E-state index contributed by atoms with van der Waals surface area (Å²) >= 11 is 0. The van der Waals surface area contributed by atoms with Crippen molar-refractivity contribution in [2.75, 3.05) is 32.8 Å². The van der Waals surface area contributed by atoms with Crippen molar-refractivity contribution in [1.82, 2.24) is 14.8 Å². The molecule has 1 N–H and O–H groups in total. The van der Waals surface area contributed by atoms with Gasteiger partial charge in [0.1, 0.15) is 0 Å². The maximum absolute atomic E-state index is 13.2. The Morgan fingerprint density at radius 2 is 1.79 bits per heavy atom. The number of nitrogens with zero attached hydrogens (tertiary/aromatic N) is 2. The van der Waals surface area contributed by atoms with E-state index in [-0.39, 0.29) is 11.9 Å². The van der Waals surface area contributed by atoms with Crippen LogP contribution in [0.4, 0.5) is 0 Å². The summed E-state index contributed by atoms with van der Waals surface area (Å²) in [5.41, 5.74) is 2.96. The van der Waals surface area contributed by atoms with Gasteiger partial charge in [-0.25, -0.2) is 0 Å². The lowest BCUT2D eigenvalue weighted by Crippen LogP contribution is -2.43. The molecule has 0 radical (unpaired) electrons. The van der Waals surface area contributed by atoms with Crippen molar-refractivity contribution in [2.45, 2.75) is 19.5 Å². The summed E-state index contributed by atoms with van der Waals surface area (Å²) in [6, 6.07) is 18.3. The number of nitrogens with one attached hydrogen (secondary N) is 1. The lowest BCUT2D eigenvalue weighted by molar-refractivity contribution is 0.0332. The zero-order valence-corrected chi connectivity index (χ0v) is 16.3. The van der Waals surface area contributed by atoms with E-state index in [9.17, 15) is 4.79 Å². The molecule has 2 heterocycles. The van der Waals surface area contributed by atoms with Crippen molar-refractivity contribution in [1.29, 1.82) is 0 Å². The molecule has 5 nitrogen and oxygen atoms in total. The number of ether oxygens (including phenoxy) is 1. The molecule has 1 saturated heterocycles. The number of carbonyl (C=O) groups is 1. The standard InChI is InChI=1S/C23H27N3O2/c1-2-26-16-20(19-10-6-7-11-22(19)26)23(27)24-21(18-8-4-3-5-9-18)17-25-12-14-28-15-13-25/h3-11,16,21H,2,12-15,17H2,1H3,(H,24,27)/t21-/m0/s1. The molecule has 0 unspecified atom stereocenters. The third-order valence-electron chi connectivity index (χ3n) is 5.43. The zero-order chi connectivity index (χ0) is 19.3. The SMILES string of the molecule is CCn1cc(C(=O)N[C@@H](CN2CCOCC2)c2ccccc2)c2ccccc21. The van der Waals surface area contributed by atoms with Gasteiger partial charge in [0.05, 0.1) is 24.8 Å². The molecule has 0 saturated carbocycles. The average molecular weight is 377 g/mol. The van der Waals surface area contributed by atoms with Gasteiger partial charge in [0.25, 0.3) is 5.91 Å². The Morgan fingerprint density at radius 1 is 1.07 bits per heavy atom. The van der Waals surface area contributed by atoms with Crippen LogP contribution in [0.1, 0.15) is 28.9 Å². The van der Waals surface area contributed by atoms with Gasteiger partial charge in [0.2, 0.25) is 0 Å². The monoisotopic (exact) mass is 377 g/mol. The average Bonchev–Trinajstić information content (AvgIpc) is 3.14. The minimum absolute atomic E-state index is 0.0227.